The van der Waals surface area contributed by atoms with Gasteiger partial charge in [-0.3, -0.25) is 4.79 Å². The van der Waals surface area contributed by atoms with Crippen molar-refractivity contribution in [2.75, 3.05) is 31.3 Å². The Morgan fingerprint density at radius 2 is 2.19 bits per heavy atom. The summed E-state index contributed by atoms with van der Waals surface area (Å²) in [6.45, 7) is 5.15. The van der Waals surface area contributed by atoms with Crippen LogP contribution in [-0.4, -0.2) is 42.3 Å². The molecule has 0 heterocycles. The zero-order valence-corrected chi connectivity index (χ0v) is 13.6. The van der Waals surface area contributed by atoms with E-state index in [1.54, 1.807) is 11.8 Å². The number of rotatable bonds is 10. The van der Waals surface area contributed by atoms with E-state index in [0.29, 0.717) is 12.5 Å². The molecule has 0 radical (unpaired) electrons. The fourth-order valence-electron chi connectivity index (χ4n) is 1.69. The zero-order chi connectivity index (χ0) is 15.5. The third-order valence-corrected chi connectivity index (χ3v) is 3.98. The molecule has 0 bridgehead atoms. The Kier molecular flexibility index (Phi) is 8.94. The number of ether oxygens (including phenoxy) is 1. The van der Waals surface area contributed by atoms with Crippen molar-refractivity contribution in [1.82, 2.24) is 5.32 Å². The molecule has 0 saturated carbocycles. The van der Waals surface area contributed by atoms with Gasteiger partial charge in [-0.1, -0.05) is 26.0 Å². The molecule has 4 nitrogen and oxygen atoms in total. The third-order valence-electron chi connectivity index (χ3n) is 2.91. The highest BCUT2D eigenvalue weighted by Gasteiger charge is 2.04. The van der Waals surface area contributed by atoms with Crippen LogP contribution >= 0.6 is 11.8 Å². The Balaban J connectivity index is 2.19. The molecule has 0 aromatic heterocycles. The SMILES string of the molecule is CC(C)c1cccc(OCC(=O)NCCSCCCO)c1. The number of nitrogens with one attached hydrogen (secondary N) is 1. The molecule has 21 heavy (non-hydrogen) atoms. The Hall–Kier alpha value is -1.20. The van der Waals surface area contributed by atoms with Gasteiger partial charge in [-0.25, -0.2) is 0 Å². The molecule has 0 aliphatic rings. The van der Waals surface area contributed by atoms with Crippen LogP contribution < -0.4 is 10.1 Å². The second kappa shape index (κ2) is 10.5. The molecule has 0 aliphatic carbocycles. The molecule has 118 valence electrons. The van der Waals surface area contributed by atoms with Crippen LogP contribution in [0.3, 0.4) is 0 Å². The average molecular weight is 311 g/mol. The normalized spacial score (nSPS) is 10.7. The van der Waals surface area contributed by atoms with Gasteiger partial charge in [-0.2, -0.15) is 11.8 Å². The summed E-state index contributed by atoms with van der Waals surface area (Å²) in [5, 5.41) is 11.5. The van der Waals surface area contributed by atoms with Crippen LogP contribution in [0.4, 0.5) is 0 Å². The van der Waals surface area contributed by atoms with Gasteiger partial charge in [0.05, 0.1) is 0 Å². The van der Waals surface area contributed by atoms with Gasteiger partial charge < -0.3 is 15.2 Å². The lowest BCUT2D eigenvalue weighted by molar-refractivity contribution is -0.122. The number of benzene rings is 1. The van der Waals surface area contributed by atoms with Gasteiger partial charge in [0.1, 0.15) is 5.75 Å². The minimum atomic E-state index is -0.104. The summed E-state index contributed by atoms with van der Waals surface area (Å²) in [6.07, 6.45) is 0.800. The van der Waals surface area contributed by atoms with Crippen molar-refractivity contribution in [3.8, 4) is 5.75 Å². The van der Waals surface area contributed by atoms with E-state index in [0.717, 1.165) is 23.7 Å². The molecule has 0 unspecified atom stereocenters. The second-order valence-corrected chi connectivity index (χ2v) is 6.28. The van der Waals surface area contributed by atoms with Crippen molar-refractivity contribution in [2.45, 2.75) is 26.2 Å². The van der Waals surface area contributed by atoms with E-state index in [2.05, 4.69) is 25.2 Å². The zero-order valence-electron chi connectivity index (χ0n) is 12.8. The molecule has 0 aliphatic heterocycles. The molecule has 1 aromatic carbocycles. The quantitative estimate of drug-likeness (QED) is 0.652. The maximum Gasteiger partial charge on any atom is 0.257 e. The van der Waals surface area contributed by atoms with Gasteiger partial charge >= 0.3 is 0 Å². The highest BCUT2D eigenvalue weighted by atomic mass is 32.2. The first-order chi connectivity index (χ1) is 10.1. The predicted octanol–water partition coefficient (Wildman–Crippen LogP) is 2.42. The Bertz CT molecular complexity index is 424. The summed E-state index contributed by atoms with van der Waals surface area (Å²) in [5.74, 6) is 2.85. The summed E-state index contributed by atoms with van der Waals surface area (Å²) >= 11 is 1.72. The predicted molar refractivity (Wildman–Crippen MR) is 88.1 cm³/mol. The standard InChI is InChI=1S/C16H25NO3S/c1-13(2)14-5-3-6-15(11-14)20-12-16(19)17-7-10-21-9-4-8-18/h3,5-6,11,13,18H,4,7-10,12H2,1-2H3,(H,17,19). The van der Waals surface area contributed by atoms with E-state index in [1.165, 1.54) is 5.56 Å². The Morgan fingerprint density at radius 1 is 1.38 bits per heavy atom. The molecule has 1 rings (SSSR count). The van der Waals surface area contributed by atoms with E-state index in [1.807, 2.05) is 18.2 Å². The van der Waals surface area contributed by atoms with Crippen molar-refractivity contribution >= 4 is 17.7 Å². The molecule has 1 aromatic rings. The molecule has 0 spiro atoms. The monoisotopic (exact) mass is 311 g/mol. The number of thioether (sulfide) groups is 1. The van der Waals surface area contributed by atoms with E-state index >= 15 is 0 Å². The number of aliphatic hydroxyl groups is 1. The lowest BCUT2D eigenvalue weighted by Gasteiger charge is -2.10. The lowest BCUT2D eigenvalue weighted by Crippen LogP contribution is -2.30. The minimum Gasteiger partial charge on any atom is -0.484 e. The van der Waals surface area contributed by atoms with E-state index in [9.17, 15) is 4.79 Å². The number of hydrogen-bond donors (Lipinski definition) is 2. The highest BCUT2D eigenvalue weighted by molar-refractivity contribution is 7.99. The van der Waals surface area contributed by atoms with Crippen LogP contribution in [0.1, 0.15) is 31.7 Å². The molecule has 0 saturated heterocycles. The summed E-state index contributed by atoms with van der Waals surface area (Å²) in [6, 6.07) is 7.84. The van der Waals surface area contributed by atoms with Gasteiger partial charge in [0, 0.05) is 18.9 Å². The first-order valence-electron chi connectivity index (χ1n) is 7.31. The molecule has 0 fully saturated rings. The van der Waals surface area contributed by atoms with Crippen molar-refractivity contribution in [3.63, 3.8) is 0 Å². The minimum absolute atomic E-state index is 0.0445. The van der Waals surface area contributed by atoms with Crippen LogP contribution in [0.2, 0.25) is 0 Å². The van der Waals surface area contributed by atoms with Crippen molar-refractivity contribution in [1.29, 1.82) is 0 Å². The van der Waals surface area contributed by atoms with Gasteiger partial charge in [0.25, 0.3) is 5.91 Å². The number of carbonyl (C=O) groups is 1. The number of carbonyl (C=O) groups excluding carboxylic acids is 1. The van der Waals surface area contributed by atoms with Crippen LogP contribution in [0.25, 0.3) is 0 Å². The fourth-order valence-corrected chi connectivity index (χ4v) is 2.48. The molecular weight excluding hydrogens is 286 g/mol. The van der Waals surface area contributed by atoms with E-state index in [-0.39, 0.29) is 19.1 Å². The van der Waals surface area contributed by atoms with Gasteiger partial charge in [0.15, 0.2) is 6.61 Å². The number of amides is 1. The summed E-state index contributed by atoms with van der Waals surface area (Å²) in [5.41, 5.74) is 1.20. The topological polar surface area (TPSA) is 58.6 Å². The lowest BCUT2D eigenvalue weighted by atomic mass is 10.0. The summed E-state index contributed by atoms with van der Waals surface area (Å²) < 4.78 is 5.50. The Labute approximate surface area is 131 Å². The van der Waals surface area contributed by atoms with Crippen molar-refractivity contribution < 1.29 is 14.6 Å². The maximum atomic E-state index is 11.6. The van der Waals surface area contributed by atoms with Crippen LogP contribution in [0, 0.1) is 0 Å². The fraction of sp³-hybridized carbons (Fsp3) is 0.562. The molecule has 1 amide bonds. The van der Waals surface area contributed by atoms with E-state index < -0.39 is 0 Å². The first-order valence-corrected chi connectivity index (χ1v) is 8.47. The molecular formula is C16H25NO3S. The summed E-state index contributed by atoms with van der Waals surface area (Å²) in [7, 11) is 0. The van der Waals surface area contributed by atoms with Crippen LogP contribution in [0.5, 0.6) is 5.75 Å². The largest absolute Gasteiger partial charge is 0.484 e. The smallest absolute Gasteiger partial charge is 0.257 e. The maximum absolute atomic E-state index is 11.6. The molecule has 2 N–H and O–H groups in total. The van der Waals surface area contributed by atoms with Crippen molar-refractivity contribution in [2.24, 2.45) is 0 Å². The second-order valence-electron chi connectivity index (χ2n) is 5.06. The molecule has 0 atom stereocenters. The van der Waals surface area contributed by atoms with Crippen molar-refractivity contribution in [3.05, 3.63) is 29.8 Å². The number of hydrogen-bond acceptors (Lipinski definition) is 4. The van der Waals surface area contributed by atoms with Crippen LogP contribution in [0.15, 0.2) is 24.3 Å². The molecule has 5 heteroatoms. The Morgan fingerprint density at radius 3 is 2.90 bits per heavy atom. The van der Waals surface area contributed by atoms with Gasteiger partial charge in [0.2, 0.25) is 0 Å². The first kappa shape index (κ1) is 17.9. The third kappa shape index (κ3) is 7.97. The van der Waals surface area contributed by atoms with Gasteiger partial charge in [-0.05, 0) is 35.8 Å². The highest BCUT2D eigenvalue weighted by Crippen LogP contribution is 2.19. The van der Waals surface area contributed by atoms with Gasteiger partial charge in [-0.15, -0.1) is 0 Å². The van der Waals surface area contributed by atoms with Crippen LogP contribution in [-0.2, 0) is 4.79 Å². The summed E-state index contributed by atoms with van der Waals surface area (Å²) in [4.78, 5) is 11.6. The van der Waals surface area contributed by atoms with E-state index in [4.69, 9.17) is 9.84 Å². The average Bonchev–Trinajstić information content (AvgIpc) is 2.49. The number of aliphatic hydroxyl groups excluding tert-OH is 1.